The molecule has 2 aromatic heterocycles. The van der Waals surface area contributed by atoms with Crippen molar-refractivity contribution < 1.29 is 4.79 Å². The first kappa shape index (κ1) is 19.4. The third-order valence-corrected chi connectivity index (χ3v) is 3.83. The van der Waals surface area contributed by atoms with Crippen molar-refractivity contribution in [3.63, 3.8) is 0 Å². The van der Waals surface area contributed by atoms with Crippen LogP contribution in [0.3, 0.4) is 0 Å². The zero-order valence-electron chi connectivity index (χ0n) is 15.2. The molecule has 0 spiro atoms. The van der Waals surface area contributed by atoms with Crippen molar-refractivity contribution in [1.29, 1.82) is 0 Å². The maximum absolute atomic E-state index is 11.9. The lowest BCUT2D eigenvalue weighted by molar-refractivity contribution is 0.252. The van der Waals surface area contributed by atoms with Gasteiger partial charge in [-0.05, 0) is 43.3 Å². The molecule has 0 atom stereocenters. The van der Waals surface area contributed by atoms with Crippen LogP contribution in [0.1, 0.15) is 5.82 Å². The first-order valence-electron chi connectivity index (χ1n) is 8.66. The minimum absolute atomic E-state index is 0.291. The van der Waals surface area contributed by atoms with Gasteiger partial charge in [0.1, 0.15) is 23.3 Å². The van der Waals surface area contributed by atoms with Crippen LogP contribution in [0.2, 0.25) is 5.02 Å². The molecular formula is C19H20ClN7O. The molecule has 3 aromatic rings. The molecule has 0 saturated carbocycles. The van der Waals surface area contributed by atoms with Gasteiger partial charge in [0.25, 0.3) is 0 Å². The fourth-order valence-electron chi connectivity index (χ4n) is 2.37. The van der Waals surface area contributed by atoms with Crippen LogP contribution in [0.25, 0.3) is 0 Å². The number of hydrogen-bond acceptors (Lipinski definition) is 6. The molecule has 28 heavy (non-hydrogen) atoms. The summed E-state index contributed by atoms with van der Waals surface area (Å²) in [6, 6.07) is 14.0. The number of aryl methyl sites for hydroxylation is 1. The van der Waals surface area contributed by atoms with Gasteiger partial charge < -0.3 is 21.3 Å². The van der Waals surface area contributed by atoms with Gasteiger partial charge in [-0.1, -0.05) is 17.7 Å². The number of hydrogen-bond donors (Lipinski definition) is 4. The molecule has 0 fully saturated rings. The third kappa shape index (κ3) is 6.10. The minimum atomic E-state index is -0.291. The van der Waals surface area contributed by atoms with Crippen LogP contribution in [0.15, 0.2) is 54.7 Å². The highest BCUT2D eigenvalue weighted by Crippen LogP contribution is 2.15. The number of amides is 2. The van der Waals surface area contributed by atoms with Gasteiger partial charge in [0.15, 0.2) is 0 Å². The van der Waals surface area contributed by atoms with E-state index in [4.69, 9.17) is 11.6 Å². The normalized spacial score (nSPS) is 10.2. The van der Waals surface area contributed by atoms with Crippen molar-refractivity contribution in [2.45, 2.75) is 6.92 Å². The van der Waals surface area contributed by atoms with Gasteiger partial charge in [0.2, 0.25) is 0 Å². The fourth-order valence-corrected chi connectivity index (χ4v) is 2.49. The molecule has 0 aliphatic rings. The highest BCUT2D eigenvalue weighted by Gasteiger charge is 2.04. The summed E-state index contributed by atoms with van der Waals surface area (Å²) in [5, 5.41) is 12.4. The number of aromatic nitrogens is 3. The molecule has 144 valence electrons. The summed E-state index contributed by atoms with van der Waals surface area (Å²) in [5.41, 5.74) is 0.673. The molecule has 4 N–H and O–H groups in total. The van der Waals surface area contributed by atoms with Gasteiger partial charge in [-0.2, -0.15) is 0 Å². The monoisotopic (exact) mass is 397 g/mol. The Balaban J connectivity index is 1.46. The van der Waals surface area contributed by atoms with Gasteiger partial charge >= 0.3 is 6.03 Å². The topological polar surface area (TPSA) is 104 Å². The van der Waals surface area contributed by atoms with Crippen molar-refractivity contribution >= 4 is 40.8 Å². The molecule has 2 amide bonds. The number of halogens is 1. The molecule has 8 nitrogen and oxygen atoms in total. The number of carbonyl (C=O) groups excluding carboxylic acids is 1. The molecule has 1 aromatic carbocycles. The van der Waals surface area contributed by atoms with Crippen LogP contribution < -0.4 is 21.3 Å². The number of carbonyl (C=O) groups is 1. The number of nitrogens with zero attached hydrogens (tertiary/aromatic N) is 3. The Kier molecular flexibility index (Phi) is 6.59. The second-order valence-corrected chi connectivity index (χ2v) is 6.28. The first-order valence-corrected chi connectivity index (χ1v) is 9.04. The Morgan fingerprint density at radius 1 is 1.00 bits per heavy atom. The van der Waals surface area contributed by atoms with Crippen LogP contribution in [-0.4, -0.2) is 34.1 Å². The molecule has 0 radical (unpaired) electrons. The SMILES string of the molecule is Cc1nc(NCCNC(=O)Nc2ccc(Cl)cc2)cc(Nc2ccccn2)n1. The average molecular weight is 398 g/mol. The lowest BCUT2D eigenvalue weighted by Gasteiger charge is -2.11. The number of rotatable bonds is 7. The number of urea groups is 1. The molecule has 2 heterocycles. The summed E-state index contributed by atoms with van der Waals surface area (Å²) in [7, 11) is 0. The summed E-state index contributed by atoms with van der Waals surface area (Å²) in [4.78, 5) is 24.8. The van der Waals surface area contributed by atoms with Gasteiger partial charge in [0.05, 0.1) is 0 Å². The predicted molar refractivity (Wildman–Crippen MR) is 111 cm³/mol. The Hall–Kier alpha value is -3.39. The summed E-state index contributed by atoms with van der Waals surface area (Å²) in [6.07, 6.45) is 1.70. The molecule has 0 aliphatic carbocycles. The Morgan fingerprint density at radius 3 is 2.54 bits per heavy atom. The van der Waals surface area contributed by atoms with E-state index in [0.29, 0.717) is 47.1 Å². The van der Waals surface area contributed by atoms with E-state index >= 15 is 0 Å². The highest BCUT2D eigenvalue weighted by atomic mass is 35.5. The average Bonchev–Trinajstić information content (AvgIpc) is 2.67. The molecule has 0 unspecified atom stereocenters. The molecule has 0 aliphatic heterocycles. The lowest BCUT2D eigenvalue weighted by Crippen LogP contribution is -2.32. The minimum Gasteiger partial charge on any atom is -0.368 e. The molecule has 9 heteroatoms. The standard InChI is InChI=1S/C19H20ClN7O/c1-13-24-17(12-18(25-13)27-16-4-2-3-9-21-16)22-10-11-23-19(28)26-15-7-5-14(20)6-8-15/h2-9,12H,10-11H2,1H3,(H2,23,26,28)(H2,21,22,24,25,27). The summed E-state index contributed by atoms with van der Waals surface area (Å²) in [6.45, 7) is 2.74. The van der Waals surface area contributed by atoms with E-state index in [9.17, 15) is 4.79 Å². The van der Waals surface area contributed by atoms with E-state index in [2.05, 4.69) is 36.2 Å². The Labute approximate surface area is 167 Å². The van der Waals surface area contributed by atoms with E-state index in [0.717, 1.165) is 0 Å². The van der Waals surface area contributed by atoms with Crippen molar-refractivity contribution in [2.24, 2.45) is 0 Å². The second-order valence-electron chi connectivity index (χ2n) is 5.84. The number of anilines is 4. The summed E-state index contributed by atoms with van der Waals surface area (Å²) in [5.74, 6) is 2.62. The van der Waals surface area contributed by atoms with Crippen LogP contribution in [0.4, 0.5) is 27.9 Å². The van der Waals surface area contributed by atoms with Gasteiger partial charge in [-0.3, -0.25) is 0 Å². The molecule has 0 saturated heterocycles. The van der Waals surface area contributed by atoms with Gasteiger partial charge in [-0.25, -0.2) is 19.7 Å². The Bertz CT molecular complexity index is 919. The first-order chi connectivity index (χ1) is 13.6. The van der Waals surface area contributed by atoms with Crippen molar-refractivity contribution in [3.05, 3.63) is 65.6 Å². The van der Waals surface area contributed by atoms with Gasteiger partial charge in [-0.15, -0.1) is 0 Å². The molecule has 3 rings (SSSR count). The van der Waals surface area contributed by atoms with Crippen molar-refractivity contribution in [3.8, 4) is 0 Å². The van der Waals surface area contributed by atoms with E-state index in [1.807, 2.05) is 25.1 Å². The quantitative estimate of drug-likeness (QED) is 0.452. The third-order valence-electron chi connectivity index (χ3n) is 3.58. The highest BCUT2D eigenvalue weighted by molar-refractivity contribution is 6.30. The lowest BCUT2D eigenvalue weighted by atomic mass is 10.3. The molecule has 0 bridgehead atoms. The van der Waals surface area contributed by atoms with E-state index < -0.39 is 0 Å². The van der Waals surface area contributed by atoms with Crippen LogP contribution in [-0.2, 0) is 0 Å². The maximum atomic E-state index is 11.9. The summed E-state index contributed by atoms with van der Waals surface area (Å²) >= 11 is 5.82. The van der Waals surface area contributed by atoms with Crippen molar-refractivity contribution in [1.82, 2.24) is 20.3 Å². The van der Waals surface area contributed by atoms with Crippen LogP contribution in [0, 0.1) is 6.92 Å². The largest absolute Gasteiger partial charge is 0.368 e. The van der Waals surface area contributed by atoms with E-state index in [1.165, 1.54) is 0 Å². The zero-order valence-corrected chi connectivity index (χ0v) is 16.0. The number of pyridine rings is 1. The smallest absolute Gasteiger partial charge is 0.319 e. The maximum Gasteiger partial charge on any atom is 0.319 e. The predicted octanol–water partition coefficient (Wildman–Crippen LogP) is 3.81. The fraction of sp³-hybridized carbons (Fsp3) is 0.158. The van der Waals surface area contributed by atoms with Crippen molar-refractivity contribution in [2.75, 3.05) is 29.0 Å². The summed E-state index contributed by atoms with van der Waals surface area (Å²) < 4.78 is 0. The van der Waals surface area contributed by atoms with E-state index in [-0.39, 0.29) is 6.03 Å². The van der Waals surface area contributed by atoms with Gasteiger partial charge in [0, 0.05) is 36.1 Å². The molecular weight excluding hydrogens is 378 g/mol. The van der Waals surface area contributed by atoms with Crippen LogP contribution in [0.5, 0.6) is 0 Å². The second kappa shape index (κ2) is 9.52. The van der Waals surface area contributed by atoms with Crippen LogP contribution >= 0.6 is 11.6 Å². The zero-order chi connectivity index (χ0) is 19.8. The Morgan fingerprint density at radius 2 is 1.79 bits per heavy atom. The van der Waals surface area contributed by atoms with E-state index in [1.54, 1.807) is 36.5 Å². The number of nitrogens with one attached hydrogen (secondary N) is 4. The number of benzene rings is 1.